The summed E-state index contributed by atoms with van der Waals surface area (Å²) < 4.78 is 38.2. The summed E-state index contributed by atoms with van der Waals surface area (Å²) in [7, 11) is -3.98. The third kappa shape index (κ3) is 3.60. The molecular weight excluding hydrogens is 359 g/mol. The average molecular weight is 376 g/mol. The molecule has 0 spiro atoms. The van der Waals surface area contributed by atoms with Crippen LogP contribution in [-0.4, -0.2) is 37.6 Å². The molecule has 0 saturated carbocycles. The van der Waals surface area contributed by atoms with Crippen LogP contribution in [0.4, 0.5) is 4.39 Å². The minimum atomic E-state index is -3.98. The molecular formula is C18H17FN2O4S. The molecule has 0 unspecified atom stereocenters. The van der Waals surface area contributed by atoms with Gasteiger partial charge in [-0.1, -0.05) is 24.3 Å². The zero-order valence-corrected chi connectivity index (χ0v) is 14.6. The Bertz CT molecular complexity index is 942. The van der Waals surface area contributed by atoms with Gasteiger partial charge in [0.1, 0.15) is 17.3 Å². The molecule has 3 rings (SSSR count). The standard InChI is InChI=1S/C18H17FN2O4S/c19-14-9-7-13(8-10-14)4-3-11-20-17(22)12-21-18(23)15-5-1-2-6-16(15)26(21,24)25/h1-2,5-10H,3-4,11-12H2,(H,20,22). The zero-order chi connectivity index (χ0) is 18.7. The van der Waals surface area contributed by atoms with E-state index in [1.165, 1.54) is 30.3 Å². The summed E-state index contributed by atoms with van der Waals surface area (Å²) in [5.41, 5.74) is 1.02. The van der Waals surface area contributed by atoms with Gasteiger partial charge in [-0.15, -0.1) is 0 Å². The fourth-order valence-electron chi connectivity index (χ4n) is 2.74. The quantitative estimate of drug-likeness (QED) is 0.778. The molecule has 2 aromatic rings. The Morgan fingerprint density at radius 2 is 1.77 bits per heavy atom. The molecule has 2 aromatic carbocycles. The highest BCUT2D eigenvalue weighted by Gasteiger charge is 2.41. The van der Waals surface area contributed by atoms with Gasteiger partial charge in [0.15, 0.2) is 0 Å². The largest absolute Gasteiger partial charge is 0.355 e. The molecule has 1 N–H and O–H groups in total. The molecule has 1 aliphatic rings. The Morgan fingerprint density at radius 3 is 2.46 bits per heavy atom. The number of amides is 2. The number of halogens is 1. The molecule has 136 valence electrons. The first kappa shape index (κ1) is 18.1. The summed E-state index contributed by atoms with van der Waals surface area (Å²) in [6, 6.07) is 12.0. The lowest BCUT2D eigenvalue weighted by molar-refractivity contribution is -0.121. The second-order valence-corrected chi connectivity index (χ2v) is 7.72. The number of nitrogens with one attached hydrogen (secondary N) is 1. The van der Waals surface area contributed by atoms with Gasteiger partial charge in [-0.05, 0) is 42.7 Å². The van der Waals surface area contributed by atoms with Crippen molar-refractivity contribution in [3.05, 3.63) is 65.5 Å². The van der Waals surface area contributed by atoms with E-state index in [2.05, 4.69) is 5.32 Å². The Hall–Kier alpha value is -2.74. The fourth-order valence-corrected chi connectivity index (χ4v) is 4.27. The summed E-state index contributed by atoms with van der Waals surface area (Å²) in [5.74, 6) is -1.55. The van der Waals surface area contributed by atoms with Gasteiger partial charge in [0, 0.05) is 6.54 Å². The van der Waals surface area contributed by atoms with Crippen LogP contribution in [0.5, 0.6) is 0 Å². The van der Waals surface area contributed by atoms with Crippen LogP contribution in [0.15, 0.2) is 53.4 Å². The first-order valence-corrected chi connectivity index (χ1v) is 9.51. The third-order valence-electron chi connectivity index (χ3n) is 4.08. The fraction of sp³-hybridized carbons (Fsp3) is 0.222. The van der Waals surface area contributed by atoms with Crippen LogP contribution in [0, 0.1) is 5.82 Å². The van der Waals surface area contributed by atoms with Crippen LogP contribution in [0.3, 0.4) is 0 Å². The second kappa shape index (κ2) is 7.25. The van der Waals surface area contributed by atoms with Crippen molar-refractivity contribution in [1.82, 2.24) is 9.62 Å². The van der Waals surface area contributed by atoms with Crippen LogP contribution in [-0.2, 0) is 21.2 Å². The maximum absolute atomic E-state index is 12.8. The van der Waals surface area contributed by atoms with Gasteiger partial charge in [-0.25, -0.2) is 17.1 Å². The third-order valence-corrected chi connectivity index (χ3v) is 5.86. The normalized spacial score (nSPS) is 15.0. The van der Waals surface area contributed by atoms with E-state index in [-0.39, 0.29) is 16.3 Å². The number of fused-ring (bicyclic) bond motifs is 1. The molecule has 0 radical (unpaired) electrons. The summed E-state index contributed by atoms with van der Waals surface area (Å²) in [6.07, 6.45) is 1.26. The van der Waals surface area contributed by atoms with Crippen molar-refractivity contribution in [3.8, 4) is 0 Å². The van der Waals surface area contributed by atoms with Gasteiger partial charge in [0.05, 0.1) is 5.56 Å². The van der Waals surface area contributed by atoms with E-state index in [4.69, 9.17) is 0 Å². The van der Waals surface area contributed by atoms with Gasteiger partial charge in [-0.2, -0.15) is 0 Å². The predicted molar refractivity (Wildman–Crippen MR) is 92.4 cm³/mol. The van der Waals surface area contributed by atoms with Crippen molar-refractivity contribution in [3.63, 3.8) is 0 Å². The Kier molecular flexibility index (Phi) is 5.03. The number of carbonyl (C=O) groups excluding carboxylic acids is 2. The number of hydrogen-bond donors (Lipinski definition) is 1. The van der Waals surface area contributed by atoms with Gasteiger partial charge < -0.3 is 5.32 Å². The van der Waals surface area contributed by atoms with Crippen molar-refractivity contribution in [1.29, 1.82) is 0 Å². The number of carbonyl (C=O) groups is 2. The molecule has 0 saturated heterocycles. The van der Waals surface area contributed by atoms with Gasteiger partial charge in [0.25, 0.3) is 15.9 Å². The molecule has 0 bridgehead atoms. The van der Waals surface area contributed by atoms with E-state index >= 15 is 0 Å². The van der Waals surface area contributed by atoms with E-state index < -0.39 is 28.4 Å². The van der Waals surface area contributed by atoms with E-state index in [9.17, 15) is 22.4 Å². The first-order valence-electron chi connectivity index (χ1n) is 8.07. The number of sulfonamides is 1. The van der Waals surface area contributed by atoms with Crippen LogP contribution in [0.2, 0.25) is 0 Å². The molecule has 8 heteroatoms. The second-order valence-electron chi connectivity index (χ2n) is 5.89. The number of nitrogens with zero attached hydrogens (tertiary/aromatic N) is 1. The number of aryl methyl sites for hydroxylation is 1. The monoisotopic (exact) mass is 376 g/mol. The van der Waals surface area contributed by atoms with Crippen LogP contribution < -0.4 is 5.32 Å². The molecule has 0 aromatic heterocycles. The van der Waals surface area contributed by atoms with E-state index in [1.807, 2.05) is 0 Å². The topological polar surface area (TPSA) is 83.6 Å². The minimum Gasteiger partial charge on any atom is -0.355 e. The summed E-state index contributed by atoms with van der Waals surface area (Å²) in [6.45, 7) is -0.225. The average Bonchev–Trinajstić information content (AvgIpc) is 2.81. The smallest absolute Gasteiger partial charge is 0.269 e. The van der Waals surface area contributed by atoms with Crippen molar-refractivity contribution >= 4 is 21.8 Å². The van der Waals surface area contributed by atoms with Gasteiger partial charge in [-0.3, -0.25) is 9.59 Å². The molecule has 0 aliphatic carbocycles. The predicted octanol–water partition coefficient (Wildman–Crippen LogP) is 1.72. The molecule has 2 amide bonds. The lowest BCUT2D eigenvalue weighted by Gasteiger charge is -2.14. The lowest BCUT2D eigenvalue weighted by atomic mass is 10.1. The molecule has 1 aliphatic heterocycles. The minimum absolute atomic E-state index is 0.0749. The Labute approximate surface area is 150 Å². The van der Waals surface area contributed by atoms with Crippen molar-refractivity contribution < 1.29 is 22.4 Å². The van der Waals surface area contributed by atoms with Crippen molar-refractivity contribution in [2.45, 2.75) is 17.7 Å². The molecule has 1 heterocycles. The van der Waals surface area contributed by atoms with E-state index in [0.717, 1.165) is 5.56 Å². The highest BCUT2D eigenvalue weighted by molar-refractivity contribution is 7.90. The lowest BCUT2D eigenvalue weighted by Crippen LogP contribution is -2.40. The number of hydrogen-bond acceptors (Lipinski definition) is 4. The molecule has 6 nitrogen and oxygen atoms in total. The maximum atomic E-state index is 12.8. The maximum Gasteiger partial charge on any atom is 0.269 e. The highest BCUT2D eigenvalue weighted by atomic mass is 32.2. The van der Waals surface area contributed by atoms with Crippen LogP contribution in [0.1, 0.15) is 22.3 Å². The zero-order valence-electron chi connectivity index (χ0n) is 13.8. The Balaban J connectivity index is 1.52. The van der Waals surface area contributed by atoms with Gasteiger partial charge in [0.2, 0.25) is 5.91 Å². The highest BCUT2D eigenvalue weighted by Crippen LogP contribution is 2.29. The number of benzene rings is 2. The number of rotatable bonds is 6. The van der Waals surface area contributed by atoms with Gasteiger partial charge >= 0.3 is 0 Å². The van der Waals surface area contributed by atoms with E-state index in [1.54, 1.807) is 18.2 Å². The van der Waals surface area contributed by atoms with Crippen LogP contribution >= 0.6 is 0 Å². The van der Waals surface area contributed by atoms with E-state index in [0.29, 0.717) is 23.7 Å². The molecule has 0 fully saturated rings. The molecule has 26 heavy (non-hydrogen) atoms. The Morgan fingerprint density at radius 1 is 1.08 bits per heavy atom. The SMILES string of the molecule is O=C(CN1C(=O)c2ccccc2S1(=O)=O)NCCCc1ccc(F)cc1. The van der Waals surface area contributed by atoms with Crippen molar-refractivity contribution in [2.75, 3.05) is 13.1 Å². The summed E-state index contributed by atoms with van der Waals surface area (Å²) >= 11 is 0. The van der Waals surface area contributed by atoms with Crippen LogP contribution in [0.25, 0.3) is 0 Å². The first-order chi connectivity index (χ1) is 12.4. The summed E-state index contributed by atoms with van der Waals surface area (Å²) in [5, 5.41) is 2.60. The summed E-state index contributed by atoms with van der Waals surface area (Å²) in [4.78, 5) is 24.2. The van der Waals surface area contributed by atoms with Crippen molar-refractivity contribution in [2.24, 2.45) is 0 Å². The molecule has 0 atom stereocenters.